The summed E-state index contributed by atoms with van der Waals surface area (Å²) in [5.41, 5.74) is 1.99. The van der Waals surface area contributed by atoms with Crippen molar-refractivity contribution in [2.75, 3.05) is 10.0 Å². The molecule has 0 aliphatic heterocycles. The second-order valence-electron chi connectivity index (χ2n) is 7.13. The van der Waals surface area contributed by atoms with Gasteiger partial charge in [0.15, 0.2) is 0 Å². The molecule has 0 unspecified atom stereocenters. The van der Waals surface area contributed by atoms with Crippen LogP contribution in [0.2, 0.25) is 5.02 Å². The minimum atomic E-state index is -3.89. The summed E-state index contributed by atoms with van der Waals surface area (Å²) in [7, 11) is -3.89. The largest absolute Gasteiger partial charge is 0.326 e. The monoisotopic (exact) mass is 487 g/mol. The Morgan fingerprint density at radius 1 is 1.00 bits per heavy atom. The van der Waals surface area contributed by atoms with Crippen LogP contribution in [0, 0.1) is 13.8 Å². The van der Waals surface area contributed by atoms with E-state index in [1.807, 2.05) is 6.92 Å². The number of hydrogen-bond donors (Lipinski definition) is 3. The number of imide groups is 1. The van der Waals surface area contributed by atoms with E-state index in [1.54, 1.807) is 32.0 Å². The molecule has 172 valence electrons. The molecule has 0 saturated heterocycles. The molecule has 3 N–H and O–H groups in total. The summed E-state index contributed by atoms with van der Waals surface area (Å²) in [6.45, 7) is 5.27. The van der Waals surface area contributed by atoms with E-state index in [0.717, 1.165) is 0 Å². The lowest BCUT2D eigenvalue weighted by molar-refractivity contribution is 0.0966. The van der Waals surface area contributed by atoms with Gasteiger partial charge < -0.3 is 5.32 Å². The topological polar surface area (TPSA) is 130 Å². The molecule has 0 fully saturated rings. The molecule has 9 nitrogen and oxygen atoms in total. The van der Waals surface area contributed by atoms with Gasteiger partial charge in [0.1, 0.15) is 11.6 Å². The molecular weight excluding hydrogens is 466 g/mol. The Labute approximate surface area is 196 Å². The molecule has 0 aliphatic carbocycles. The average Bonchev–Trinajstić information content (AvgIpc) is 2.72. The van der Waals surface area contributed by atoms with Crippen LogP contribution in [0.3, 0.4) is 0 Å². The van der Waals surface area contributed by atoms with Crippen LogP contribution in [0.4, 0.5) is 16.3 Å². The van der Waals surface area contributed by atoms with Crippen LogP contribution < -0.4 is 15.4 Å². The van der Waals surface area contributed by atoms with Crippen LogP contribution >= 0.6 is 11.6 Å². The van der Waals surface area contributed by atoms with Crippen LogP contribution in [-0.4, -0.2) is 30.3 Å². The summed E-state index contributed by atoms with van der Waals surface area (Å²) in [5, 5.41) is 5.25. The van der Waals surface area contributed by atoms with Gasteiger partial charge in [0, 0.05) is 28.0 Å². The highest BCUT2D eigenvalue weighted by Gasteiger charge is 2.17. The molecule has 1 heterocycles. The van der Waals surface area contributed by atoms with E-state index in [1.165, 1.54) is 30.3 Å². The normalized spacial score (nSPS) is 11.0. The molecule has 3 aromatic rings. The minimum absolute atomic E-state index is 0.0211. The van der Waals surface area contributed by atoms with Gasteiger partial charge in [-0.1, -0.05) is 18.5 Å². The lowest BCUT2D eigenvalue weighted by Crippen LogP contribution is -2.34. The maximum atomic E-state index is 12.6. The first kappa shape index (κ1) is 24.1. The number of nitrogens with one attached hydrogen (secondary N) is 3. The Bertz CT molecular complexity index is 1290. The van der Waals surface area contributed by atoms with Gasteiger partial charge in [0.2, 0.25) is 0 Å². The highest BCUT2D eigenvalue weighted by atomic mass is 35.5. The minimum Gasteiger partial charge on any atom is -0.308 e. The molecule has 1 aromatic heterocycles. The van der Waals surface area contributed by atoms with Crippen molar-refractivity contribution < 1.29 is 18.0 Å². The number of sulfonamides is 1. The number of rotatable bonds is 6. The Balaban J connectivity index is 1.66. The van der Waals surface area contributed by atoms with Crippen LogP contribution in [-0.2, 0) is 16.4 Å². The lowest BCUT2D eigenvalue weighted by atomic mass is 10.0. The first-order valence-corrected chi connectivity index (χ1v) is 11.8. The van der Waals surface area contributed by atoms with E-state index in [-0.39, 0.29) is 10.7 Å². The summed E-state index contributed by atoms with van der Waals surface area (Å²) >= 11 is 5.95. The number of aryl methyl sites for hydroxylation is 3. The third-order valence-electron chi connectivity index (χ3n) is 4.55. The SMILES string of the molecule is CCc1cc(Cl)ccc1C(=O)NC(=O)Nc1ccc(S(=O)(=O)Nc2cc(C)nc(C)n2)cc1. The summed E-state index contributed by atoms with van der Waals surface area (Å²) in [4.78, 5) is 32.8. The summed E-state index contributed by atoms with van der Waals surface area (Å²) in [5.74, 6) is 0.0334. The number of urea groups is 1. The number of nitrogens with zero attached hydrogens (tertiary/aromatic N) is 2. The van der Waals surface area contributed by atoms with Crippen LogP contribution in [0.25, 0.3) is 0 Å². The quantitative estimate of drug-likeness (QED) is 0.480. The fourth-order valence-corrected chi connectivity index (χ4v) is 4.28. The predicted molar refractivity (Wildman–Crippen MR) is 126 cm³/mol. The number of amides is 3. The molecule has 2 aromatic carbocycles. The van der Waals surface area contributed by atoms with Crippen molar-refractivity contribution in [1.82, 2.24) is 15.3 Å². The van der Waals surface area contributed by atoms with E-state index in [9.17, 15) is 18.0 Å². The van der Waals surface area contributed by atoms with Crippen LogP contribution in [0.1, 0.15) is 34.4 Å². The number of aromatic nitrogens is 2. The second-order valence-corrected chi connectivity index (χ2v) is 9.25. The molecule has 3 rings (SSSR count). The van der Waals surface area contributed by atoms with Gasteiger partial charge in [0.05, 0.1) is 4.90 Å². The van der Waals surface area contributed by atoms with E-state index in [4.69, 9.17) is 11.6 Å². The van der Waals surface area contributed by atoms with Crippen LogP contribution in [0.15, 0.2) is 53.4 Å². The number of hydrogen-bond acceptors (Lipinski definition) is 6. The van der Waals surface area contributed by atoms with E-state index < -0.39 is 22.0 Å². The van der Waals surface area contributed by atoms with Crippen molar-refractivity contribution in [2.24, 2.45) is 0 Å². The van der Waals surface area contributed by atoms with Crippen molar-refractivity contribution in [3.63, 3.8) is 0 Å². The van der Waals surface area contributed by atoms with Gasteiger partial charge in [-0.3, -0.25) is 14.8 Å². The fourth-order valence-electron chi connectivity index (χ4n) is 3.09. The molecular formula is C22H22ClN5O4S. The Morgan fingerprint density at radius 3 is 2.33 bits per heavy atom. The molecule has 0 saturated carbocycles. The summed E-state index contributed by atoms with van der Waals surface area (Å²) < 4.78 is 27.6. The third-order valence-corrected chi connectivity index (χ3v) is 6.15. The molecule has 0 bridgehead atoms. The zero-order valence-electron chi connectivity index (χ0n) is 18.1. The summed E-state index contributed by atoms with van der Waals surface area (Å²) in [6.07, 6.45) is 0.572. The van der Waals surface area contributed by atoms with Crippen molar-refractivity contribution in [3.05, 3.63) is 76.2 Å². The summed E-state index contributed by atoms with van der Waals surface area (Å²) in [6, 6.07) is 11.0. The highest BCUT2D eigenvalue weighted by Crippen LogP contribution is 2.19. The van der Waals surface area contributed by atoms with Crippen molar-refractivity contribution in [1.29, 1.82) is 0 Å². The fraction of sp³-hybridized carbons (Fsp3) is 0.182. The van der Waals surface area contributed by atoms with Crippen LogP contribution in [0.5, 0.6) is 0 Å². The van der Waals surface area contributed by atoms with E-state index in [0.29, 0.717) is 39.8 Å². The Hall–Kier alpha value is -3.50. The number of benzene rings is 2. The highest BCUT2D eigenvalue weighted by molar-refractivity contribution is 7.92. The maximum absolute atomic E-state index is 12.6. The zero-order valence-corrected chi connectivity index (χ0v) is 19.7. The van der Waals surface area contributed by atoms with Gasteiger partial charge in [0.25, 0.3) is 15.9 Å². The molecule has 11 heteroatoms. The molecule has 33 heavy (non-hydrogen) atoms. The van der Waals surface area contributed by atoms with Gasteiger partial charge in [-0.05, 0) is 68.3 Å². The number of anilines is 2. The second kappa shape index (κ2) is 9.97. The van der Waals surface area contributed by atoms with Gasteiger partial charge in [-0.2, -0.15) is 0 Å². The number of carbonyl (C=O) groups excluding carboxylic acids is 2. The van der Waals surface area contributed by atoms with Gasteiger partial charge in [-0.15, -0.1) is 0 Å². The number of carbonyl (C=O) groups is 2. The van der Waals surface area contributed by atoms with Crippen molar-refractivity contribution in [3.8, 4) is 0 Å². The molecule has 0 atom stereocenters. The zero-order chi connectivity index (χ0) is 24.2. The first-order chi connectivity index (χ1) is 15.6. The Morgan fingerprint density at radius 2 is 1.70 bits per heavy atom. The predicted octanol–water partition coefficient (Wildman–Crippen LogP) is 4.07. The van der Waals surface area contributed by atoms with Crippen molar-refractivity contribution in [2.45, 2.75) is 32.1 Å². The molecule has 0 aliphatic rings. The standard InChI is InChI=1S/C22H22ClN5O4S/c1-4-15-12-16(23)5-10-19(15)21(29)27-22(30)26-17-6-8-18(9-7-17)33(31,32)28-20-11-13(2)24-14(3)25-20/h5-12H,4H2,1-3H3,(H,24,25,28)(H2,26,27,29,30). The van der Waals surface area contributed by atoms with E-state index in [2.05, 4.69) is 25.3 Å². The lowest BCUT2D eigenvalue weighted by Gasteiger charge is -2.11. The van der Waals surface area contributed by atoms with Gasteiger partial charge >= 0.3 is 6.03 Å². The average molecular weight is 488 g/mol. The van der Waals surface area contributed by atoms with E-state index >= 15 is 0 Å². The smallest absolute Gasteiger partial charge is 0.308 e. The molecule has 3 amide bonds. The molecule has 0 radical (unpaired) electrons. The number of halogens is 1. The third kappa shape index (κ3) is 6.27. The first-order valence-electron chi connectivity index (χ1n) is 9.93. The Kier molecular flexibility index (Phi) is 7.29. The van der Waals surface area contributed by atoms with Crippen molar-refractivity contribution >= 4 is 45.1 Å². The maximum Gasteiger partial charge on any atom is 0.326 e. The molecule has 0 spiro atoms. The van der Waals surface area contributed by atoms with Gasteiger partial charge in [-0.25, -0.2) is 23.2 Å².